The Morgan fingerprint density at radius 3 is 2.38 bits per heavy atom. The molecule has 1 heterocycles. The van der Waals surface area contributed by atoms with Crippen LogP contribution in [0.1, 0.15) is 31.2 Å². The molecule has 1 saturated carbocycles. The number of piperazine rings is 1. The van der Waals surface area contributed by atoms with Crippen molar-refractivity contribution >= 4 is 11.9 Å². The third-order valence-corrected chi connectivity index (χ3v) is 6.16. The Labute approximate surface area is 177 Å². The Hall–Kier alpha value is -2.73. The summed E-state index contributed by atoms with van der Waals surface area (Å²) in [4.78, 5) is 25.9. The number of nitrogens with two attached hydrogens (primary N) is 1. The minimum absolute atomic E-state index is 0.0285. The molecule has 2 fully saturated rings. The highest BCUT2D eigenvalue weighted by Crippen LogP contribution is 2.55. The summed E-state index contributed by atoms with van der Waals surface area (Å²) in [6.45, 7) is 1.22. The summed E-state index contributed by atoms with van der Waals surface area (Å²) in [5, 5.41) is 2.51. The Morgan fingerprint density at radius 1 is 1.25 bits per heavy atom. The lowest BCUT2D eigenvalue weighted by Crippen LogP contribution is -2.69. The first kappa shape index (κ1) is 23.9. The summed E-state index contributed by atoms with van der Waals surface area (Å²) in [6.07, 6.45) is -10.5. The molecule has 178 valence electrons. The molecule has 1 aliphatic heterocycles. The molecule has 1 saturated heterocycles. The van der Waals surface area contributed by atoms with Gasteiger partial charge in [-0.1, -0.05) is 6.07 Å². The van der Waals surface area contributed by atoms with Crippen LogP contribution in [0.5, 0.6) is 5.75 Å². The summed E-state index contributed by atoms with van der Waals surface area (Å²) in [6, 6.07) is 1.14. The van der Waals surface area contributed by atoms with E-state index in [2.05, 4.69) is 10.1 Å². The van der Waals surface area contributed by atoms with Crippen LogP contribution in [0.2, 0.25) is 0 Å². The van der Waals surface area contributed by atoms with E-state index >= 15 is 0 Å². The predicted octanol–water partition coefficient (Wildman–Crippen LogP) is 3.67. The van der Waals surface area contributed by atoms with E-state index in [1.165, 1.54) is 6.92 Å². The van der Waals surface area contributed by atoms with E-state index in [0.717, 1.165) is 17.0 Å². The number of rotatable bonds is 4. The number of hydrogen-bond donors (Lipinski definition) is 2. The number of nitrogens with one attached hydrogen (secondary N) is 1. The van der Waals surface area contributed by atoms with Gasteiger partial charge < -0.3 is 20.7 Å². The number of carbonyl (C=O) groups excluding carboxylic acids is 2. The number of nitrogens with zero attached hydrogens (tertiary/aromatic N) is 1. The highest BCUT2D eigenvalue weighted by Gasteiger charge is 2.59. The SMILES string of the molecule is CC1([C@@H](c2ccc(OC(F)(F)F)cc2F)C2CC(C(F)(F)F)C2)C(=O)NCCN1C(N)=O. The molecule has 0 spiro atoms. The van der Waals surface area contributed by atoms with Gasteiger partial charge in [0.1, 0.15) is 17.1 Å². The van der Waals surface area contributed by atoms with Crippen molar-refractivity contribution in [3.8, 4) is 5.75 Å². The third kappa shape index (κ3) is 4.42. The first-order valence-electron chi connectivity index (χ1n) is 9.62. The van der Waals surface area contributed by atoms with Gasteiger partial charge in [-0.05, 0) is 37.3 Å². The molecule has 0 radical (unpaired) electrons. The molecule has 1 unspecified atom stereocenters. The van der Waals surface area contributed by atoms with Gasteiger partial charge in [0, 0.05) is 25.1 Å². The topological polar surface area (TPSA) is 84.7 Å². The van der Waals surface area contributed by atoms with E-state index in [1.807, 2.05) is 0 Å². The molecule has 3 amide bonds. The number of urea groups is 1. The molecule has 13 heteroatoms. The zero-order valence-corrected chi connectivity index (χ0v) is 16.7. The van der Waals surface area contributed by atoms with Crippen LogP contribution >= 0.6 is 0 Å². The van der Waals surface area contributed by atoms with Crippen molar-refractivity contribution in [2.45, 2.75) is 43.8 Å². The quantitative estimate of drug-likeness (QED) is 0.658. The summed E-state index contributed by atoms with van der Waals surface area (Å²) in [7, 11) is 0. The molecule has 1 aromatic carbocycles. The van der Waals surface area contributed by atoms with Crippen LogP contribution in [-0.2, 0) is 4.79 Å². The zero-order valence-electron chi connectivity index (χ0n) is 16.7. The van der Waals surface area contributed by atoms with Gasteiger partial charge in [0.2, 0.25) is 5.91 Å². The lowest BCUT2D eigenvalue weighted by atomic mass is 9.59. The van der Waals surface area contributed by atoms with Crippen molar-refractivity contribution in [1.82, 2.24) is 10.2 Å². The second-order valence-corrected chi connectivity index (χ2v) is 8.07. The Morgan fingerprint density at radius 2 is 1.88 bits per heavy atom. The lowest BCUT2D eigenvalue weighted by Gasteiger charge is -2.53. The number of primary amides is 1. The molecule has 3 N–H and O–H groups in total. The Bertz CT molecular complexity index is 899. The van der Waals surface area contributed by atoms with Gasteiger partial charge in [0.15, 0.2) is 0 Å². The maximum Gasteiger partial charge on any atom is 0.573 e. The van der Waals surface area contributed by atoms with Crippen LogP contribution in [0.25, 0.3) is 0 Å². The summed E-state index contributed by atoms with van der Waals surface area (Å²) in [5.41, 5.74) is 3.23. The fourth-order valence-corrected chi connectivity index (χ4v) is 4.64. The van der Waals surface area contributed by atoms with Crippen molar-refractivity contribution in [2.24, 2.45) is 17.6 Å². The van der Waals surface area contributed by atoms with Crippen molar-refractivity contribution in [1.29, 1.82) is 0 Å². The number of alkyl halides is 6. The number of hydrogen-bond acceptors (Lipinski definition) is 3. The minimum Gasteiger partial charge on any atom is -0.406 e. The fraction of sp³-hybridized carbons (Fsp3) is 0.579. The maximum absolute atomic E-state index is 15.0. The Kier molecular flexibility index (Phi) is 5.98. The van der Waals surface area contributed by atoms with Crippen LogP contribution in [-0.4, -0.2) is 48.0 Å². The molecule has 1 aliphatic carbocycles. The average Bonchev–Trinajstić information content (AvgIpc) is 2.58. The second kappa shape index (κ2) is 8.00. The summed E-state index contributed by atoms with van der Waals surface area (Å²) >= 11 is 0. The van der Waals surface area contributed by atoms with Gasteiger partial charge in [-0.25, -0.2) is 9.18 Å². The lowest BCUT2D eigenvalue weighted by molar-refractivity contribution is -0.274. The summed E-state index contributed by atoms with van der Waals surface area (Å²) < 4.78 is 95.3. The number of halogens is 7. The van der Waals surface area contributed by atoms with Gasteiger partial charge in [-0.3, -0.25) is 4.79 Å². The van der Waals surface area contributed by atoms with Crippen LogP contribution in [0.4, 0.5) is 35.5 Å². The van der Waals surface area contributed by atoms with Gasteiger partial charge in [-0.2, -0.15) is 13.2 Å². The first-order chi connectivity index (χ1) is 14.6. The largest absolute Gasteiger partial charge is 0.573 e. The van der Waals surface area contributed by atoms with Gasteiger partial charge >= 0.3 is 18.6 Å². The first-order valence-corrected chi connectivity index (χ1v) is 9.62. The molecule has 2 atom stereocenters. The minimum atomic E-state index is -5.08. The smallest absolute Gasteiger partial charge is 0.406 e. The average molecular weight is 471 g/mol. The monoisotopic (exact) mass is 471 g/mol. The molecule has 2 aliphatic rings. The van der Waals surface area contributed by atoms with Crippen LogP contribution in [0.15, 0.2) is 18.2 Å². The van der Waals surface area contributed by atoms with Crippen LogP contribution < -0.4 is 15.8 Å². The molecule has 6 nitrogen and oxygen atoms in total. The van der Waals surface area contributed by atoms with Crippen molar-refractivity contribution in [3.05, 3.63) is 29.6 Å². The van der Waals surface area contributed by atoms with E-state index in [4.69, 9.17) is 5.73 Å². The maximum atomic E-state index is 15.0. The zero-order chi connectivity index (χ0) is 24.1. The van der Waals surface area contributed by atoms with Gasteiger partial charge in [0.25, 0.3) is 0 Å². The highest BCUT2D eigenvalue weighted by atomic mass is 19.4. The molecule has 0 bridgehead atoms. The molecular formula is C19H20F7N3O3. The molecule has 3 rings (SSSR count). The van der Waals surface area contributed by atoms with Gasteiger partial charge in [-0.15, -0.1) is 13.2 Å². The van der Waals surface area contributed by atoms with E-state index in [-0.39, 0.29) is 18.7 Å². The van der Waals surface area contributed by atoms with E-state index in [0.29, 0.717) is 6.07 Å². The normalized spacial score (nSPS) is 27.4. The van der Waals surface area contributed by atoms with E-state index in [9.17, 15) is 40.3 Å². The molecular weight excluding hydrogens is 451 g/mol. The summed E-state index contributed by atoms with van der Waals surface area (Å²) in [5.74, 6) is -6.70. The predicted molar refractivity (Wildman–Crippen MR) is 95.8 cm³/mol. The van der Waals surface area contributed by atoms with E-state index in [1.54, 1.807) is 0 Å². The number of carbonyl (C=O) groups is 2. The van der Waals surface area contributed by atoms with Crippen molar-refractivity contribution in [3.63, 3.8) is 0 Å². The molecule has 1 aromatic rings. The van der Waals surface area contributed by atoms with Crippen LogP contribution in [0.3, 0.4) is 0 Å². The van der Waals surface area contributed by atoms with Gasteiger partial charge in [0.05, 0.1) is 5.92 Å². The van der Waals surface area contributed by atoms with Crippen LogP contribution in [0, 0.1) is 17.7 Å². The Balaban J connectivity index is 2.06. The standard InChI is InChI=1S/C19H20F7N3O3/c1-17(15(30)28-4-5-29(17)16(27)31)14(9-6-10(7-9)18(21,22)23)12-3-2-11(8-13(12)20)32-19(24,25)26/h2-3,8-10,14H,4-7H2,1H3,(H2,27,31)(H,28,30)/t9?,10?,14-,17?/m1/s1. The molecule has 0 aromatic heterocycles. The second-order valence-electron chi connectivity index (χ2n) is 8.07. The highest BCUT2D eigenvalue weighted by molar-refractivity contribution is 5.92. The molecule has 32 heavy (non-hydrogen) atoms. The van der Waals surface area contributed by atoms with Crippen molar-refractivity contribution < 1.29 is 45.1 Å². The van der Waals surface area contributed by atoms with Crippen molar-refractivity contribution in [2.75, 3.05) is 13.1 Å². The fourth-order valence-electron chi connectivity index (χ4n) is 4.64. The number of amides is 3. The van der Waals surface area contributed by atoms with E-state index < -0.39 is 72.2 Å². The third-order valence-electron chi connectivity index (χ3n) is 6.16. The number of benzene rings is 1. The number of ether oxygens (including phenoxy) is 1.